The van der Waals surface area contributed by atoms with Crippen LogP contribution >= 0.6 is 0 Å². The summed E-state index contributed by atoms with van der Waals surface area (Å²) in [4.78, 5) is 57.8. The van der Waals surface area contributed by atoms with Crippen LogP contribution in [0.3, 0.4) is 0 Å². The summed E-state index contributed by atoms with van der Waals surface area (Å²) >= 11 is 0. The minimum absolute atomic E-state index is 0.0418. The Balaban J connectivity index is 2.22. The van der Waals surface area contributed by atoms with E-state index in [4.69, 9.17) is 11.5 Å². The Hall–Kier alpha value is -3.97. The summed E-state index contributed by atoms with van der Waals surface area (Å²) in [7, 11) is 0. The molecule has 0 aliphatic heterocycles. The number of phenolic OH excluding ortho intramolecular Hbond substituents is 1. The minimum atomic E-state index is -1.19. The average molecular weight is 546 g/mol. The number of carbonyl (C=O) groups excluding carboxylic acids is 3. The Bertz CT molecular complexity index is 1070. The van der Waals surface area contributed by atoms with E-state index in [9.17, 15) is 29.4 Å². The molecule has 0 aliphatic rings. The van der Waals surface area contributed by atoms with E-state index in [2.05, 4.69) is 25.9 Å². The number of phenols is 1. The predicted octanol–water partition coefficient (Wildman–Crippen LogP) is -0.448. The maximum absolute atomic E-state index is 13.4. The zero-order valence-electron chi connectivity index (χ0n) is 22.2. The number of aromatic amines is 1. The molecule has 4 atom stereocenters. The van der Waals surface area contributed by atoms with Crippen molar-refractivity contribution in [2.45, 2.75) is 70.1 Å². The Labute approximate surface area is 227 Å². The third-order valence-electron chi connectivity index (χ3n) is 6.15. The van der Waals surface area contributed by atoms with Gasteiger partial charge >= 0.3 is 5.97 Å². The number of H-pyrrole nitrogens is 1. The number of unbranched alkanes of at least 4 members (excludes halogenated alkanes) is 1. The standard InChI is InChI=1S/C26H39N7O6/c1-15(2)22(26(38)39)33-24(36)20(5-3-4-10-27)31-25(37)21(11-16-6-8-18(34)9-7-16)32-23(35)19(28)12-17-13-29-14-30-17/h6-9,13-15,19-22,34H,3-5,10-12,27-28H2,1-2H3,(H,29,30)(H,31,37)(H,32,35)(H,33,36)(H,38,39). The van der Waals surface area contributed by atoms with Crippen LogP contribution in [0.2, 0.25) is 0 Å². The van der Waals surface area contributed by atoms with E-state index in [0.717, 1.165) is 0 Å². The van der Waals surface area contributed by atoms with Crippen LogP contribution in [-0.4, -0.2) is 74.6 Å². The number of imidazole rings is 1. The molecule has 214 valence electrons. The van der Waals surface area contributed by atoms with Gasteiger partial charge in [0.05, 0.1) is 12.4 Å². The SMILES string of the molecule is CC(C)C(NC(=O)C(CCCCN)NC(=O)C(Cc1ccc(O)cc1)NC(=O)C(N)Cc1cnc[nH]1)C(=O)O. The summed E-state index contributed by atoms with van der Waals surface area (Å²) in [6.45, 7) is 3.72. The zero-order chi connectivity index (χ0) is 28.9. The molecule has 1 aromatic heterocycles. The van der Waals surface area contributed by atoms with Crippen LogP contribution < -0.4 is 27.4 Å². The Morgan fingerprint density at radius 1 is 0.949 bits per heavy atom. The van der Waals surface area contributed by atoms with Crippen LogP contribution in [0.15, 0.2) is 36.8 Å². The number of carboxylic acids is 1. The largest absolute Gasteiger partial charge is 0.508 e. The summed E-state index contributed by atoms with van der Waals surface area (Å²) < 4.78 is 0. The van der Waals surface area contributed by atoms with Crippen molar-refractivity contribution in [1.29, 1.82) is 0 Å². The lowest BCUT2D eigenvalue weighted by atomic mass is 10.0. The van der Waals surface area contributed by atoms with Gasteiger partial charge in [0.2, 0.25) is 17.7 Å². The van der Waals surface area contributed by atoms with Crippen molar-refractivity contribution in [3.05, 3.63) is 48.0 Å². The van der Waals surface area contributed by atoms with Crippen molar-refractivity contribution < 1.29 is 29.4 Å². The number of nitrogens with zero attached hydrogens (tertiary/aromatic N) is 1. The Morgan fingerprint density at radius 2 is 1.59 bits per heavy atom. The van der Waals surface area contributed by atoms with Gasteiger partial charge in [-0.1, -0.05) is 26.0 Å². The first-order valence-electron chi connectivity index (χ1n) is 12.9. The van der Waals surface area contributed by atoms with Crippen molar-refractivity contribution in [2.24, 2.45) is 17.4 Å². The van der Waals surface area contributed by atoms with Crippen LogP contribution in [-0.2, 0) is 32.0 Å². The van der Waals surface area contributed by atoms with Gasteiger partial charge in [-0.2, -0.15) is 0 Å². The van der Waals surface area contributed by atoms with Crippen molar-refractivity contribution in [3.8, 4) is 5.75 Å². The topological polar surface area (TPSA) is 226 Å². The minimum Gasteiger partial charge on any atom is -0.508 e. The van der Waals surface area contributed by atoms with Gasteiger partial charge in [0.15, 0.2) is 0 Å². The maximum Gasteiger partial charge on any atom is 0.326 e. The molecule has 13 nitrogen and oxygen atoms in total. The number of aromatic hydroxyl groups is 1. The number of hydrogen-bond donors (Lipinski definition) is 8. The molecule has 1 heterocycles. The van der Waals surface area contributed by atoms with Crippen LogP contribution in [0.1, 0.15) is 44.4 Å². The second-order valence-electron chi connectivity index (χ2n) is 9.73. The number of carbonyl (C=O) groups is 4. The summed E-state index contributed by atoms with van der Waals surface area (Å²) in [5.41, 5.74) is 12.9. The first-order chi connectivity index (χ1) is 18.5. The molecule has 0 aliphatic carbocycles. The first-order valence-corrected chi connectivity index (χ1v) is 12.9. The number of benzene rings is 1. The molecule has 0 saturated heterocycles. The molecular weight excluding hydrogens is 506 g/mol. The molecule has 3 amide bonds. The lowest BCUT2D eigenvalue weighted by molar-refractivity contribution is -0.143. The molecule has 4 unspecified atom stereocenters. The number of carboxylic acid groups (broad SMARTS) is 1. The van der Waals surface area contributed by atoms with Gasteiger partial charge in [-0.25, -0.2) is 9.78 Å². The monoisotopic (exact) mass is 545 g/mol. The van der Waals surface area contributed by atoms with Gasteiger partial charge in [-0.15, -0.1) is 0 Å². The highest BCUT2D eigenvalue weighted by Crippen LogP contribution is 2.13. The van der Waals surface area contributed by atoms with Crippen molar-refractivity contribution >= 4 is 23.7 Å². The average Bonchev–Trinajstić information content (AvgIpc) is 3.39. The van der Waals surface area contributed by atoms with Gasteiger partial charge in [0.25, 0.3) is 0 Å². The van der Waals surface area contributed by atoms with Crippen LogP contribution in [0.25, 0.3) is 0 Å². The first kappa shape index (κ1) is 31.2. The number of aliphatic carboxylic acids is 1. The Morgan fingerprint density at radius 3 is 2.15 bits per heavy atom. The number of rotatable bonds is 16. The van der Waals surface area contributed by atoms with Gasteiger partial charge in [-0.3, -0.25) is 14.4 Å². The fraction of sp³-hybridized carbons (Fsp3) is 0.500. The second kappa shape index (κ2) is 15.4. The third kappa shape index (κ3) is 10.4. The van der Waals surface area contributed by atoms with E-state index >= 15 is 0 Å². The quantitative estimate of drug-likeness (QED) is 0.128. The zero-order valence-corrected chi connectivity index (χ0v) is 22.2. The molecule has 2 rings (SSSR count). The maximum atomic E-state index is 13.4. The smallest absolute Gasteiger partial charge is 0.326 e. The molecule has 13 heteroatoms. The van der Waals surface area contributed by atoms with Gasteiger partial charge in [0.1, 0.15) is 23.9 Å². The van der Waals surface area contributed by atoms with Crippen LogP contribution in [0.4, 0.5) is 0 Å². The normalized spacial score (nSPS) is 14.2. The summed E-state index contributed by atoms with van der Waals surface area (Å²) in [5.74, 6) is -3.40. The summed E-state index contributed by atoms with van der Waals surface area (Å²) in [6, 6.07) is 1.85. The number of nitrogens with two attached hydrogens (primary N) is 2. The summed E-state index contributed by atoms with van der Waals surface area (Å²) in [6.07, 6.45) is 4.55. The number of nitrogens with one attached hydrogen (secondary N) is 4. The number of hydrogen-bond acceptors (Lipinski definition) is 8. The fourth-order valence-corrected chi connectivity index (χ4v) is 3.88. The number of amides is 3. The Kier molecular flexibility index (Phi) is 12.4. The summed E-state index contributed by atoms with van der Waals surface area (Å²) in [5, 5.41) is 26.9. The van der Waals surface area contributed by atoms with E-state index in [-0.39, 0.29) is 30.9 Å². The van der Waals surface area contributed by atoms with Crippen LogP contribution in [0.5, 0.6) is 5.75 Å². The molecule has 0 saturated carbocycles. The molecule has 0 fully saturated rings. The molecule has 0 bridgehead atoms. The highest BCUT2D eigenvalue weighted by molar-refractivity contribution is 5.94. The predicted molar refractivity (Wildman–Crippen MR) is 143 cm³/mol. The number of aromatic nitrogens is 2. The van der Waals surface area contributed by atoms with E-state index in [1.807, 2.05) is 0 Å². The molecule has 0 radical (unpaired) electrons. The lowest BCUT2D eigenvalue weighted by Crippen LogP contribution is -2.58. The van der Waals surface area contributed by atoms with Gasteiger partial charge < -0.3 is 42.6 Å². The molecule has 1 aromatic carbocycles. The molecule has 39 heavy (non-hydrogen) atoms. The van der Waals surface area contributed by atoms with E-state index < -0.39 is 47.9 Å². The van der Waals surface area contributed by atoms with E-state index in [0.29, 0.717) is 30.6 Å². The van der Waals surface area contributed by atoms with Crippen molar-refractivity contribution in [2.75, 3.05) is 6.54 Å². The van der Waals surface area contributed by atoms with Gasteiger partial charge in [-0.05, 0) is 49.4 Å². The fourth-order valence-electron chi connectivity index (χ4n) is 3.88. The molecule has 0 spiro atoms. The van der Waals surface area contributed by atoms with Gasteiger partial charge in [0, 0.05) is 24.7 Å². The van der Waals surface area contributed by atoms with Crippen LogP contribution in [0, 0.1) is 5.92 Å². The van der Waals surface area contributed by atoms with E-state index in [1.165, 1.54) is 18.5 Å². The van der Waals surface area contributed by atoms with Crippen molar-refractivity contribution in [1.82, 2.24) is 25.9 Å². The van der Waals surface area contributed by atoms with E-state index in [1.54, 1.807) is 32.2 Å². The third-order valence-corrected chi connectivity index (χ3v) is 6.15. The molecule has 2 aromatic rings. The van der Waals surface area contributed by atoms with Crippen molar-refractivity contribution in [3.63, 3.8) is 0 Å². The lowest BCUT2D eigenvalue weighted by Gasteiger charge is -2.26. The molecular formula is C26H39N7O6. The second-order valence-corrected chi connectivity index (χ2v) is 9.73. The molecule has 10 N–H and O–H groups in total. The highest BCUT2D eigenvalue weighted by atomic mass is 16.4. The highest BCUT2D eigenvalue weighted by Gasteiger charge is 2.31.